The highest BCUT2D eigenvalue weighted by atomic mass is 79.9. The Hall–Kier alpha value is 0.570. The van der Waals surface area contributed by atoms with Crippen molar-refractivity contribution < 1.29 is 8.42 Å². The minimum atomic E-state index is -3.57. The van der Waals surface area contributed by atoms with Gasteiger partial charge in [0.15, 0.2) is 0 Å². The molecule has 0 saturated carbocycles. The Morgan fingerprint density at radius 3 is 2.18 bits per heavy atom. The second kappa shape index (κ2) is 3.14. The molecule has 0 spiro atoms. The van der Waals surface area contributed by atoms with Gasteiger partial charge in [0, 0.05) is 9.85 Å². The molecule has 0 bridgehead atoms. The van der Waals surface area contributed by atoms with E-state index in [0.717, 1.165) is 11.3 Å². The molecule has 0 aromatic carbocycles. The molecule has 0 radical (unpaired) electrons. The standard InChI is InChI=1S/C4H3Br2NO2S2/c5-2-1-10-4(3(2)6)11(7,8)9/h1H,(H2,7,8,9). The van der Waals surface area contributed by atoms with Gasteiger partial charge in [0.05, 0.1) is 4.47 Å². The van der Waals surface area contributed by atoms with Crippen LogP contribution in [0.15, 0.2) is 18.5 Å². The lowest BCUT2D eigenvalue weighted by molar-refractivity contribution is 0.599. The van der Waals surface area contributed by atoms with Crippen LogP contribution in [0.1, 0.15) is 0 Å². The fourth-order valence-corrected chi connectivity index (χ4v) is 4.04. The van der Waals surface area contributed by atoms with Crippen molar-refractivity contribution in [3.05, 3.63) is 14.3 Å². The molecule has 0 saturated heterocycles. The van der Waals surface area contributed by atoms with Crippen molar-refractivity contribution in [2.75, 3.05) is 0 Å². The SMILES string of the molecule is NS(=O)(=O)c1scc(Br)c1Br. The molecule has 11 heavy (non-hydrogen) atoms. The molecule has 0 aliphatic heterocycles. The lowest BCUT2D eigenvalue weighted by atomic mass is 10.7. The molecule has 0 aliphatic rings. The van der Waals surface area contributed by atoms with Crippen molar-refractivity contribution in [3.63, 3.8) is 0 Å². The van der Waals surface area contributed by atoms with Gasteiger partial charge < -0.3 is 0 Å². The summed E-state index contributed by atoms with van der Waals surface area (Å²) in [6, 6.07) is 0. The molecule has 7 heteroatoms. The predicted octanol–water partition coefficient (Wildman–Crippen LogP) is 1.92. The molecule has 62 valence electrons. The van der Waals surface area contributed by atoms with E-state index in [1.54, 1.807) is 5.38 Å². The summed E-state index contributed by atoms with van der Waals surface area (Å²) < 4.78 is 22.9. The van der Waals surface area contributed by atoms with Crippen LogP contribution in [0.5, 0.6) is 0 Å². The number of hydrogen-bond donors (Lipinski definition) is 1. The highest BCUT2D eigenvalue weighted by Gasteiger charge is 2.16. The lowest BCUT2D eigenvalue weighted by Crippen LogP contribution is -2.10. The monoisotopic (exact) mass is 319 g/mol. The van der Waals surface area contributed by atoms with Crippen molar-refractivity contribution in [1.29, 1.82) is 0 Å². The average Bonchev–Trinajstić information content (AvgIpc) is 2.11. The average molecular weight is 321 g/mol. The zero-order chi connectivity index (χ0) is 8.65. The van der Waals surface area contributed by atoms with E-state index in [1.807, 2.05) is 0 Å². The van der Waals surface area contributed by atoms with E-state index >= 15 is 0 Å². The molecular weight excluding hydrogens is 318 g/mol. The molecule has 3 nitrogen and oxygen atoms in total. The summed E-state index contributed by atoms with van der Waals surface area (Å²) >= 11 is 7.32. The highest BCUT2D eigenvalue weighted by molar-refractivity contribution is 9.13. The maximum Gasteiger partial charge on any atom is 0.248 e. The van der Waals surface area contributed by atoms with Gasteiger partial charge in [0.25, 0.3) is 0 Å². The molecule has 0 aliphatic carbocycles. The van der Waals surface area contributed by atoms with Gasteiger partial charge in [-0.3, -0.25) is 0 Å². The molecule has 0 fully saturated rings. The summed E-state index contributed by atoms with van der Waals surface area (Å²) in [5, 5.41) is 6.56. The third kappa shape index (κ3) is 2.03. The topological polar surface area (TPSA) is 60.2 Å². The summed E-state index contributed by atoms with van der Waals surface area (Å²) in [5.74, 6) is 0. The molecule has 1 heterocycles. The van der Waals surface area contributed by atoms with Gasteiger partial charge in [-0.25, -0.2) is 13.6 Å². The van der Waals surface area contributed by atoms with Crippen molar-refractivity contribution in [2.24, 2.45) is 5.14 Å². The highest BCUT2D eigenvalue weighted by Crippen LogP contribution is 2.34. The van der Waals surface area contributed by atoms with E-state index in [9.17, 15) is 8.42 Å². The smallest absolute Gasteiger partial charge is 0.224 e. The normalized spacial score (nSPS) is 11.9. The summed E-state index contributed by atoms with van der Waals surface area (Å²) in [6.45, 7) is 0. The summed E-state index contributed by atoms with van der Waals surface area (Å²) in [5.41, 5.74) is 0. The van der Waals surface area contributed by atoms with Crippen LogP contribution in [-0.4, -0.2) is 8.42 Å². The third-order valence-electron chi connectivity index (χ3n) is 0.917. The molecule has 1 rings (SSSR count). The Bertz CT molecular complexity index is 369. The number of nitrogens with two attached hydrogens (primary N) is 1. The molecule has 0 amide bonds. The van der Waals surface area contributed by atoms with Crippen LogP contribution in [0.3, 0.4) is 0 Å². The maximum atomic E-state index is 10.8. The van der Waals surface area contributed by atoms with Crippen LogP contribution < -0.4 is 5.14 Å². The van der Waals surface area contributed by atoms with Gasteiger partial charge in [-0.15, -0.1) is 11.3 Å². The maximum absolute atomic E-state index is 10.8. The van der Waals surface area contributed by atoms with E-state index in [0.29, 0.717) is 8.95 Å². The zero-order valence-corrected chi connectivity index (χ0v) is 9.85. The van der Waals surface area contributed by atoms with Crippen LogP contribution in [0.2, 0.25) is 0 Å². The number of rotatable bonds is 1. The number of halogens is 2. The Kier molecular flexibility index (Phi) is 2.75. The first kappa shape index (κ1) is 9.66. The van der Waals surface area contributed by atoms with Crippen LogP contribution in [0.25, 0.3) is 0 Å². The number of sulfonamides is 1. The largest absolute Gasteiger partial charge is 0.248 e. The van der Waals surface area contributed by atoms with E-state index < -0.39 is 10.0 Å². The van der Waals surface area contributed by atoms with E-state index in [-0.39, 0.29) is 4.21 Å². The second-order valence-corrected chi connectivity index (χ2v) is 6.01. The number of primary sulfonamides is 1. The summed E-state index contributed by atoms with van der Waals surface area (Å²) in [6.07, 6.45) is 0. The minimum Gasteiger partial charge on any atom is -0.224 e. The first-order valence-corrected chi connectivity index (χ1v) is 6.39. The molecule has 1 aromatic rings. The van der Waals surface area contributed by atoms with Crippen LogP contribution in [0.4, 0.5) is 0 Å². The van der Waals surface area contributed by atoms with Crippen molar-refractivity contribution in [1.82, 2.24) is 0 Å². The van der Waals surface area contributed by atoms with Crippen molar-refractivity contribution in [3.8, 4) is 0 Å². The lowest BCUT2D eigenvalue weighted by Gasteiger charge is -1.92. The third-order valence-corrected chi connectivity index (χ3v) is 6.20. The number of hydrogen-bond acceptors (Lipinski definition) is 3. The summed E-state index contributed by atoms with van der Waals surface area (Å²) in [4.78, 5) is 0. The molecule has 0 atom stereocenters. The number of thiophene rings is 1. The second-order valence-electron chi connectivity index (χ2n) is 1.73. The van der Waals surface area contributed by atoms with E-state index in [4.69, 9.17) is 5.14 Å². The van der Waals surface area contributed by atoms with Crippen molar-refractivity contribution in [2.45, 2.75) is 4.21 Å². The van der Waals surface area contributed by atoms with E-state index in [1.165, 1.54) is 0 Å². The molecule has 2 N–H and O–H groups in total. The fraction of sp³-hybridized carbons (Fsp3) is 0. The van der Waals surface area contributed by atoms with Gasteiger partial charge in [-0.05, 0) is 31.9 Å². The van der Waals surface area contributed by atoms with Crippen LogP contribution >= 0.6 is 43.2 Å². The van der Waals surface area contributed by atoms with Gasteiger partial charge in [-0.1, -0.05) is 0 Å². The van der Waals surface area contributed by atoms with Crippen molar-refractivity contribution >= 4 is 53.2 Å². The predicted molar refractivity (Wildman–Crippen MR) is 51.1 cm³/mol. The first-order chi connectivity index (χ1) is 4.93. The fourth-order valence-electron chi connectivity index (χ4n) is 0.498. The first-order valence-electron chi connectivity index (χ1n) is 2.38. The Balaban J connectivity index is 3.38. The van der Waals surface area contributed by atoms with Gasteiger partial charge in [-0.2, -0.15) is 0 Å². The minimum absolute atomic E-state index is 0.143. The van der Waals surface area contributed by atoms with Crippen LogP contribution in [-0.2, 0) is 10.0 Å². The Morgan fingerprint density at radius 2 is 2.00 bits per heavy atom. The molecule has 0 unspecified atom stereocenters. The zero-order valence-electron chi connectivity index (χ0n) is 5.04. The van der Waals surface area contributed by atoms with Gasteiger partial charge in [0.1, 0.15) is 4.21 Å². The van der Waals surface area contributed by atoms with Gasteiger partial charge >= 0.3 is 0 Å². The van der Waals surface area contributed by atoms with Gasteiger partial charge in [0.2, 0.25) is 10.0 Å². The summed E-state index contributed by atoms with van der Waals surface area (Å²) in [7, 11) is -3.57. The van der Waals surface area contributed by atoms with Crippen LogP contribution in [0, 0.1) is 0 Å². The quantitative estimate of drug-likeness (QED) is 0.859. The Labute approximate surface area is 84.9 Å². The Morgan fingerprint density at radius 1 is 1.45 bits per heavy atom. The van der Waals surface area contributed by atoms with E-state index in [2.05, 4.69) is 31.9 Å². The molecular formula is C4H3Br2NO2S2. The molecule has 1 aromatic heterocycles.